The molecule has 0 fully saturated rings. The fourth-order valence-electron chi connectivity index (χ4n) is 4.78. The second-order valence-electron chi connectivity index (χ2n) is 9.81. The van der Waals surface area contributed by atoms with E-state index < -0.39 is 15.8 Å². The lowest BCUT2D eigenvalue weighted by Crippen LogP contribution is -2.35. The number of carbonyl (C=O) groups is 1. The van der Waals surface area contributed by atoms with E-state index in [1.54, 1.807) is 6.07 Å². The molecule has 5 nitrogen and oxygen atoms in total. The van der Waals surface area contributed by atoms with Crippen molar-refractivity contribution in [2.75, 3.05) is 16.2 Å². The number of hydrogen-bond donors (Lipinski definition) is 1. The van der Waals surface area contributed by atoms with Crippen LogP contribution in [0.3, 0.4) is 0 Å². The number of carbonyl (C=O) groups excluding carboxylic acids is 1. The lowest BCUT2D eigenvalue weighted by Gasteiger charge is -2.31. The maximum atomic E-state index is 13.3. The average molecular weight is 555 g/mol. The van der Waals surface area contributed by atoms with Crippen LogP contribution in [-0.2, 0) is 27.7 Å². The molecular formula is C32H43FN2O3S. The molecule has 1 unspecified atom stereocenters. The second-order valence-corrected chi connectivity index (χ2v) is 11.7. The SMILES string of the molecule is CC.CC(CCCCCCc1ccccc1)C(=O)Nc1ccc2c(c1)N(S(=O)(=O)c1ccc(F)cc1)CCC2.[HH]. The predicted molar refractivity (Wildman–Crippen MR) is 160 cm³/mol. The van der Waals surface area contributed by atoms with Gasteiger partial charge in [-0.1, -0.05) is 76.4 Å². The van der Waals surface area contributed by atoms with Gasteiger partial charge in [0.1, 0.15) is 5.82 Å². The van der Waals surface area contributed by atoms with Gasteiger partial charge in [0.2, 0.25) is 5.91 Å². The third-order valence-electron chi connectivity index (χ3n) is 6.97. The number of nitrogens with zero attached hydrogens (tertiary/aromatic N) is 1. The number of unbranched alkanes of at least 4 members (excludes halogenated alkanes) is 3. The molecule has 0 bridgehead atoms. The highest BCUT2D eigenvalue weighted by Crippen LogP contribution is 2.34. The molecule has 3 aromatic carbocycles. The van der Waals surface area contributed by atoms with Gasteiger partial charge in [-0.3, -0.25) is 9.10 Å². The molecule has 0 radical (unpaired) electrons. The van der Waals surface area contributed by atoms with Crippen LogP contribution in [0.4, 0.5) is 15.8 Å². The molecule has 39 heavy (non-hydrogen) atoms. The predicted octanol–water partition coefficient (Wildman–Crippen LogP) is 8.01. The zero-order chi connectivity index (χ0) is 28.3. The molecule has 0 spiro atoms. The molecule has 7 heteroatoms. The Kier molecular flexibility index (Phi) is 11.5. The summed E-state index contributed by atoms with van der Waals surface area (Å²) in [6, 6.07) is 20.8. The highest BCUT2D eigenvalue weighted by Gasteiger charge is 2.29. The molecule has 0 aromatic heterocycles. The summed E-state index contributed by atoms with van der Waals surface area (Å²) in [5.41, 5.74) is 3.43. The van der Waals surface area contributed by atoms with Gasteiger partial charge in [0.15, 0.2) is 0 Å². The van der Waals surface area contributed by atoms with Gasteiger partial charge in [-0.25, -0.2) is 12.8 Å². The minimum Gasteiger partial charge on any atom is -0.326 e. The molecule has 1 aliphatic heterocycles. The Balaban J connectivity index is 0.00000183. The van der Waals surface area contributed by atoms with E-state index in [-0.39, 0.29) is 18.1 Å². The number of amides is 1. The first-order valence-electron chi connectivity index (χ1n) is 14.1. The van der Waals surface area contributed by atoms with Gasteiger partial charge in [0, 0.05) is 19.6 Å². The second kappa shape index (κ2) is 14.8. The van der Waals surface area contributed by atoms with Crippen LogP contribution >= 0.6 is 0 Å². The summed E-state index contributed by atoms with van der Waals surface area (Å²) in [6.07, 6.45) is 7.75. The number of anilines is 2. The number of fused-ring (bicyclic) bond motifs is 1. The number of hydrogen-bond acceptors (Lipinski definition) is 3. The van der Waals surface area contributed by atoms with Crippen molar-refractivity contribution in [1.82, 2.24) is 0 Å². The third-order valence-corrected chi connectivity index (χ3v) is 8.80. The van der Waals surface area contributed by atoms with Crippen LogP contribution in [0.2, 0.25) is 0 Å². The summed E-state index contributed by atoms with van der Waals surface area (Å²) >= 11 is 0. The standard InChI is InChI=1S/C30H35FN2O3S.C2H6.H2/c1-23(10-5-2-3-6-11-24-12-7-4-8-13-24)30(34)32-27-18-15-25-14-9-21-33(29(25)22-27)37(35,36)28-19-16-26(31)17-20-28;1-2;/h4,7-8,12-13,15-20,22-23H,2-3,5-6,9-11,14,21H2,1H3,(H,32,34);1-2H3;1H. The van der Waals surface area contributed by atoms with Gasteiger partial charge < -0.3 is 5.32 Å². The van der Waals surface area contributed by atoms with E-state index in [2.05, 4.69) is 29.6 Å². The molecule has 1 N–H and O–H groups in total. The summed E-state index contributed by atoms with van der Waals surface area (Å²) < 4.78 is 41.3. The Labute approximate surface area is 235 Å². The van der Waals surface area contributed by atoms with Crippen molar-refractivity contribution in [2.24, 2.45) is 5.92 Å². The summed E-state index contributed by atoms with van der Waals surface area (Å²) in [5, 5.41) is 2.97. The Morgan fingerprint density at radius 3 is 2.38 bits per heavy atom. The average Bonchev–Trinajstić information content (AvgIpc) is 2.96. The van der Waals surface area contributed by atoms with E-state index in [9.17, 15) is 17.6 Å². The van der Waals surface area contributed by atoms with E-state index in [0.29, 0.717) is 24.3 Å². The van der Waals surface area contributed by atoms with Gasteiger partial charge in [0.25, 0.3) is 10.0 Å². The largest absolute Gasteiger partial charge is 0.326 e. The first-order valence-corrected chi connectivity index (χ1v) is 15.5. The summed E-state index contributed by atoms with van der Waals surface area (Å²) in [6.45, 7) is 6.27. The van der Waals surface area contributed by atoms with Crippen molar-refractivity contribution in [1.29, 1.82) is 0 Å². The molecule has 1 atom stereocenters. The van der Waals surface area contributed by atoms with Crippen molar-refractivity contribution in [3.63, 3.8) is 0 Å². The highest BCUT2D eigenvalue weighted by atomic mass is 32.2. The van der Waals surface area contributed by atoms with Gasteiger partial charge in [-0.05, 0) is 79.6 Å². The topological polar surface area (TPSA) is 66.5 Å². The molecular weight excluding hydrogens is 511 g/mol. The summed E-state index contributed by atoms with van der Waals surface area (Å²) in [7, 11) is -3.84. The van der Waals surface area contributed by atoms with Crippen molar-refractivity contribution < 1.29 is 19.0 Å². The van der Waals surface area contributed by atoms with E-state index in [1.165, 1.54) is 22.0 Å². The summed E-state index contributed by atoms with van der Waals surface area (Å²) in [4.78, 5) is 12.9. The fraction of sp³-hybridized carbons (Fsp3) is 0.406. The number of nitrogens with one attached hydrogen (secondary N) is 1. The lowest BCUT2D eigenvalue weighted by atomic mass is 10.00. The molecule has 1 heterocycles. The molecule has 0 aliphatic carbocycles. The Hall–Kier alpha value is -3.19. The molecule has 3 aromatic rings. The molecule has 1 aliphatic rings. The zero-order valence-corrected chi connectivity index (χ0v) is 24.1. The smallest absolute Gasteiger partial charge is 0.264 e. The van der Waals surface area contributed by atoms with E-state index in [1.807, 2.05) is 39.0 Å². The molecule has 0 saturated heterocycles. The normalized spacial score (nSPS) is 13.6. The van der Waals surface area contributed by atoms with Gasteiger partial charge >= 0.3 is 0 Å². The first-order chi connectivity index (χ1) is 18.8. The van der Waals surface area contributed by atoms with Crippen LogP contribution in [0, 0.1) is 11.7 Å². The van der Waals surface area contributed by atoms with E-state index in [4.69, 9.17) is 0 Å². The maximum Gasteiger partial charge on any atom is 0.264 e. The van der Waals surface area contributed by atoms with Crippen molar-refractivity contribution in [3.05, 3.63) is 89.7 Å². The Morgan fingerprint density at radius 2 is 1.67 bits per heavy atom. The Morgan fingerprint density at radius 1 is 0.974 bits per heavy atom. The molecule has 0 saturated carbocycles. The minimum absolute atomic E-state index is 0. The van der Waals surface area contributed by atoms with Crippen LogP contribution in [0.5, 0.6) is 0 Å². The maximum absolute atomic E-state index is 13.3. The van der Waals surface area contributed by atoms with Crippen LogP contribution in [-0.4, -0.2) is 20.9 Å². The Bertz CT molecular complexity index is 1300. The van der Waals surface area contributed by atoms with Crippen molar-refractivity contribution >= 4 is 27.3 Å². The lowest BCUT2D eigenvalue weighted by molar-refractivity contribution is -0.119. The van der Waals surface area contributed by atoms with Crippen molar-refractivity contribution in [2.45, 2.75) is 77.0 Å². The molecule has 1 amide bonds. The fourth-order valence-corrected chi connectivity index (χ4v) is 6.31. The van der Waals surface area contributed by atoms with Crippen molar-refractivity contribution in [3.8, 4) is 0 Å². The minimum atomic E-state index is -3.84. The number of rotatable bonds is 11. The molecule has 212 valence electrons. The number of halogens is 1. The number of benzene rings is 3. The van der Waals surface area contributed by atoms with Gasteiger partial charge in [-0.15, -0.1) is 0 Å². The number of aryl methyl sites for hydroxylation is 2. The summed E-state index contributed by atoms with van der Waals surface area (Å²) in [5.74, 6) is -0.679. The van der Waals surface area contributed by atoms with E-state index in [0.717, 1.165) is 62.6 Å². The van der Waals surface area contributed by atoms with Crippen LogP contribution < -0.4 is 9.62 Å². The van der Waals surface area contributed by atoms with E-state index >= 15 is 0 Å². The van der Waals surface area contributed by atoms with Crippen LogP contribution in [0.15, 0.2) is 77.7 Å². The van der Waals surface area contributed by atoms with Gasteiger partial charge in [0.05, 0.1) is 10.6 Å². The van der Waals surface area contributed by atoms with Gasteiger partial charge in [-0.2, -0.15) is 0 Å². The quantitative estimate of drug-likeness (QED) is 0.244. The highest BCUT2D eigenvalue weighted by molar-refractivity contribution is 7.92. The monoisotopic (exact) mass is 554 g/mol. The molecule has 4 rings (SSSR count). The van der Waals surface area contributed by atoms with Crippen LogP contribution in [0.1, 0.15) is 71.8 Å². The number of sulfonamides is 1. The third kappa shape index (κ3) is 8.40. The first kappa shape index (κ1) is 30.4. The zero-order valence-electron chi connectivity index (χ0n) is 23.3. The van der Waals surface area contributed by atoms with Crippen LogP contribution in [0.25, 0.3) is 0 Å².